The lowest BCUT2D eigenvalue weighted by atomic mass is 10.1. The van der Waals surface area contributed by atoms with Gasteiger partial charge in [0.2, 0.25) is 5.91 Å². The second-order valence-electron chi connectivity index (χ2n) is 6.23. The van der Waals surface area contributed by atoms with Crippen LogP contribution in [0.2, 0.25) is 5.15 Å². The summed E-state index contributed by atoms with van der Waals surface area (Å²) in [6.07, 6.45) is 4.33. The van der Waals surface area contributed by atoms with E-state index < -0.39 is 9.84 Å². The molecule has 0 unspecified atom stereocenters. The Morgan fingerprint density at radius 1 is 1.24 bits per heavy atom. The van der Waals surface area contributed by atoms with Gasteiger partial charge < -0.3 is 5.32 Å². The van der Waals surface area contributed by atoms with Gasteiger partial charge >= 0.3 is 0 Å². The molecule has 1 heterocycles. The minimum atomic E-state index is -3.48. The quantitative estimate of drug-likeness (QED) is 0.809. The van der Waals surface area contributed by atoms with Gasteiger partial charge in [-0.25, -0.2) is 13.4 Å². The molecule has 1 aliphatic rings. The first-order valence-corrected chi connectivity index (χ1v) is 10.1. The van der Waals surface area contributed by atoms with E-state index in [1.807, 2.05) is 6.07 Å². The van der Waals surface area contributed by atoms with Crippen LogP contribution in [0.1, 0.15) is 29.5 Å². The molecule has 0 fully saturated rings. The fourth-order valence-electron chi connectivity index (χ4n) is 2.94. The summed E-state index contributed by atoms with van der Waals surface area (Å²) in [5.74, 6) is -0.592. The van der Waals surface area contributed by atoms with Crippen LogP contribution in [0, 0.1) is 6.92 Å². The highest BCUT2D eigenvalue weighted by Crippen LogP contribution is 2.25. The Morgan fingerprint density at radius 2 is 2.00 bits per heavy atom. The largest absolute Gasteiger partial charge is 0.325 e. The maximum absolute atomic E-state index is 12.5. The molecule has 0 spiro atoms. The summed E-state index contributed by atoms with van der Waals surface area (Å²) in [5, 5.41) is 3.02. The summed E-state index contributed by atoms with van der Waals surface area (Å²) in [7, 11) is -3.48. The lowest BCUT2D eigenvalue weighted by Gasteiger charge is -2.08. The van der Waals surface area contributed by atoms with E-state index in [4.69, 9.17) is 11.6 Å². The van der Waals surface area contributed by atoms with Gasteiger partial charge in [-0.3, -0.25) is 4.79 Å². The van der Waals surface area contributed by atoms with Crippen molar-refractivity contribution in [2.75, 3.05) is 11.1 Å². The third-order valence-corrected chi connectivity index (χ3v) is 6.43. The summed E-state index contributed by atoms with van der Waals surface area (Å²) in [6.45, 7) is 1.78. The lowest BCUT2D eigenvalue weighted by molar-refractivity contribution is -0.115. The summed E-state index contributed by atoms with van der Waals surface area (Å²) in [5.41, 5.74) is 3.57. The van der Waals surface area contributed by atoms with Crippen molar-refractivity contribution in [3.63, 3.8) is 0 Å². The van der Waals surface area contributed by atoms with Crippen molar-refractivity contribution in [1.29, 1.82) is 0 Å². The van der Waals surface area contributed by atoms with Crippen molar-refractivity contribution < 1.29 is 13.2 Å². The van der Waals surface area contributed by atoms with E-state index in [0.29, 0.717) is 15.7 Å². The molecule has 0 saturated heterocycles. The number of benzene rings is 1. The number of rotatable bonds is 5. The first-order valence-electron chi connectivity index (χ1n) is 8.12. The average Bonchev–Trinajstić information content (AvgIpc) is 3.04. The van der Waals surface area contributed by atoms with E-state index in [9.17, 15) is 13.2 Å². The van der Waals surface area contributed by atoms with Crippen LogP contribution in [0.15, 0.2) is 35.4 Å². The first kappa shape index (κ1) is 17.9. The molecule has 0 aliphatic heterocycles. The maximum Gasteiger partial charge on any atom is 0.225 e. The van der Waals surface area contributed by atoms with Crippen LogP contribution >= 0.6 is 11.6 Å². The number of fused-ring (bicyclic) bond motifs is 1. The normalized spacial score (nSPS) is 13.5. The molecule has 7 heteroatoms. The molecule has 1 N–H and O–H groups in total. The number of carbonyl (C=O) groups is 1. The molecule has 5 nitrogen and oxygen atoms in total. The minimum absolute atomic E-state index is 0.110. The van der Waals surface area contributed by atoms with Crippen LogP contribution in [0.3, 0.4) is 0 Å². The molecule has 0 saturated carbocycles. The van der Waals surface area contributed by atoms with E-state index in [-0.39, 0.29) is 18.1 Å². The molecular formula is C18H19ClN2O3S. The standard InChI is InChI=1S/C18H19ClN2O3S/c1-12-9-15(11-20-18(12)19)21-17(22)7-8-25(23,24)16-6-5-13-3-2-4-14(13)10-16/h5-6,9-11H,2-4,7-8H2,1H3,(H,21,22). The number of sulfone groups is 1. The van der Waals surface area contributed by atoms with E-state index in [0.717, 1.165) is 30.4 Å². The number of halogens is 1. The van der Waals surface area contributed by atoms with Gasteiger partial charge in [-0.05, 0) is 61.1 Å². The fraction of sp³-hybridized carbons (Fsp3) is 0.333. The number of hydrogen-bond donors (Lipinski definition) is 1. The van der Waals surface area contributed by atoms with E-state index in [1.165, 1.54) is 11.8 Å². The van der Waals surface area contributed by atoms with Crippen LogP contribution in [0.25, 0.3) is 0 Å². The average molecular weight is 379 g/mol. The van der Waals surface area contributed by atoms with Crippen LogP contribution < -0.4 is 5.32 Å². The SMILES string of the molecule is Cc1cc(NC(=O)CCS(=O)(=O)c2ccc3c(c2)CCC3)cnc1Cl. The van der Waals surface area contributed by atoms with Gasteiger partial charge in [-0.1, -0.05) is 17.7 Å². The smallest absolute Gasteiger partial charge is 0.225 e. The van der Waals surface area contributed by atoms with Crippen molar-refractivity contribution in [3.8, 4) is 0 Å². The monoisotopic (exact) mass is 378 g/mol. The molecule has 1 aromatic carbocycles. The Kier molecular flexibility index (Phi) is 5.11. The summed E-state index contributed by atoms with van der Waals surface area (Å²) >= 11 is 5.84. The molecule has 3 rings (SSSR count). The van der Waals surface area contributed by atoms with Crippen LogP contribution in [-0.4, -0.2) is 25.1 Å². The fourth-order valence-corrected chi connectivity index (χ4v) is 4.33. The van der Waals surface area contributed by atoms with E-state index in [1.54, 1.807) is 25.1 Å². The molecule has 0 radical (unpaired) electrons. The molecular weight excluding hydrogens is 360 g/mol. The number of anilines is 1. The Labute approximate surface area is 152 Å². The van der Waals surface area contributed by atoms with Gasteiger partial charge in [-0.2, -0.15) is 0 Å². The number of nitrogens with zero attached hydrogens (tertiary/aromatic N) is 1. The predicted molar refractivity (Wildman–Crippen MR) is 97.8 cm³/mol. The van der Waals surface area contributed by atoms with Gasteiger partial charge in [0.05, 0.1) is 22.5 Å². The number of aryl methyl sites for hydroxylation is 3. The Bertz CT molecular complexity index is 926. The Hall–Kier alpha value is -1.92. The second-order valence-corrected chi connectivity index (χ2v) is 8.70. The molecule has 0 bridgehead atoms. The van der Waals surface area contributed by atoms with Crippen LogP contribution in [0.4, 0.5) is 5.69 Å². The molecule has 0 atom stereocenters. The predicted octanol–water partition coefficient (Wildman–Crippen LogP) is 3.33. The summed E-state index contributed by atoms with van der Waals surface area (Å²) in [4.78, 5) is 16.3. The zero-order valence-corrected chi connectivity index (χ0v) is 15.5. The molecule has 1 aromatic heterocycles. The van der Waals surface area contributed by atoms with Gasteiger partial charge in [-0.15, -0.1) is 0 Å². The number of amides is 1. The summed E-state index contributed by atoms with van der Waals surface area (Å²) in [6, 6.07) is 6.98. The minimum Gasteiger partial charge on any atom is -0.325 e. The topological polar surface area (TPSA) is 76.1 Å². The number of hydrogen-bond acceptors (Lipinski definition) is 4. The summed E-state index contributed by atoms with van der Waals surface area (Å²) < 4.78 is 25.0. The van der Waals surface area contributed by atoms with Crippen LogP contribution in [-0.2, 0) is 27.5 Å². The van der Waals surface area contributed by atoms with Crippen molar-refractivity contribution in [2.24, 2.45) is 0 Å². The number of nitrogens with one attached hydrogen (secondary N) is 1. The molecule has 25 heavy (non-hydrogen) atoms. The molecule has 1 amide bonds. The van der Waals surface area contributed by atoms with Gasteiger partial charge in [0, 0.05) is 6.42 Å². The number of aromatic nitrogens is 1. The Morgan fingerprint density at radius 3 is 2.76 bits per heavy atom. The third kappa shape index (κ3) is 4.19. The van der Waals surface area contributed by atoms with E-state index in [2.05, 4.69) is 10.3 Å². The molecule has 1 aliphatic carbocycles. The van der Waals surface area contributed by atoms with Crippen LogP contribution in [0.5, 0.6) is 0 Å². The van der Waals surface area contributed by atoms with Crippen molar-refractivity contribution in [3.05, 3.63) is 52.3 Å². The Balaban J connectivity index is 1.63. The zero-order chi connectivity index (χ0) is 18.0. The van der Waals surface area contributed by atoms with Crippen molar-refractivity contribution in [2.45, 2.75) is 37.5 Å². The lowest BCUT2D eigenvalue weighted by Crippen LogP contribution is -2.17. The first-order chi connectivity index (χ1) is 11.8. The molecule has 2 aromatic rings. The van der Waals surface area contributed by atoms with Crippen molar-refractivity contribution in [1.82, 2.24) is 4.98 Å². The highest BCUT2D eigenvalue weighted by atomic mass is 35.5. The number of carbonyl (C=O) groups excluding carboxylic acids is 1. The zero-order valence-electron chi connectivity index (χ0n) is 13.9. The van der Waals surface area contributed by atoms with E-state index >= 15 is 0 Å². The third-order valence-electron chi connectivity index (χ3n) is 4.33. The maximum atomic E-state index is 12.5. The molecule has 132 valence electrons. The van der Waals surface area contributed by atoms with Gasteiger partial charge in [0.25, 0.3) is 0 Å². The van der Waals surface area contributed by atoms with Gasteiger partial charge in [0.1, 0.15) is 5.15 Å². The highest BCUT2D eigenvalue weighted by molar-refractivity contribution is 7.91. The second kappa shape index (κ2) is 7.14. The number of pyridine rings is 1. The van der Waals surface area contributed by atoms with Crippen molar-refractivity contribution >= 4 is 33.0 Å². The highest BCUT2D eigenvalue weighted by Gasteiger charge is 2.20. The van der Waals surface area contributed by atoms with Gasteiger partial charge in [0.15, 0.2) is 9.84 Å².